The number of rotatable bonds is 7. The van der Waals surface area contributed by atoms with Crippen molar-refractivity contribution in [2.24, 2.45) is 0 Å². The molecule has 1 N–H and O–H groups in total. The van der Waals surface area contributed by atoms with E-state index in [1.54, 1.807) is 7.11 Å². The summed E-state index contributed by atoms with van der Waals surface area (Å²) in [6, 6.07) is 16.4. The standard InChI is InChI=1S/C20H25NO2/c1-15-13-18(11-12-19(15)23-3)14-20(22)21-16(2)9-10-17-7-5-4-6-8-17/h4-8,11-13,16H,9-10,14H2,1-3H3,(H,21,22)/t16-/m0/s1. The van der Waals surface area contributed by atoms with E-state index in [1.807, 2.05) is 43.3 Å². The summed E-state index contributed by atoms with van der Waals surface area (Å²) < 4.78 is 5.24. The average Bonchev–Trinajstić information content (AvgIpc) is 2.54. The molecule has 2 rings (SSSR count). The van der Waals surface area contributed by atoms with Gasteiger partial charge in [0.15, 0.2) is 0 Å². The van der Waals surface area contributed by atoms with E-state index in [0.29, 0.717) is 6.42 Å². The lowest BCUT2D eigenvalue weighted by molar-refractivity contribution is -0.121. The summed E-state index contributed by atoms with van der Waals surface area (Å²) in [4.78, 5) is 12.2. The Labute approximate surface area is 138 Å². The normalized spacial score (nSPS) is 11.8. The van der Waals surface area contributed by atoms with Crippen LogP contribution >= 0.6 is 0 Å². The molecule has 1 amide bonds. The lowest BCUT2D eigenvalue weighted by Crippen LogP contribution is -2.34. The van der Waals surface area contributed by atoms with E-state index in [4.69, 9.17) is 4.74 Å². The molecule has 0 aliphatic rings. The molecule has 2 aromatic carbocycles. The van der Waals surface area contributed by atoms with Gasteiger partial charge in [-0.1, -0.05) is 42.5 Å². The van der Waals surface area contributed by atoms with Gasteiger partial charge >= 0.3 is 0 Å². The third kappa shape index (κ3) is 5.44. The van der Waals surface area contributed by atoms with Crippen molar-refractivity contribution in [2.45, 2.75) is 39.2 Å². The van der Waals surface area contributed by atoms with Gasteiger partial charge in [0.05, 0.1) is 13.5 Å². The van der Waals surface area contributed by atoms with Gasteiger partial charge in [-0.3, -0.25) is 4.79 Å². The Balaban J connectivity index is 1.80. The minimum absolute atomic E-state index is 0.0649. The number of ether oxygens (including phenoxy) is 1. The van der Waals surface area contributed by atoms with Crippen molar-refractivity contribution in [1.82, 2.24) is 5.32 Å². The van der Waals surface area contributed by atoms with Crippen LogP contribution in [0.1, 0.15) is 30.0 Å². The molecule has 3 nitrogen and oxygen atoms in total. The monoisotopic (exact) mass is 311 g/mol. The van der Waals surface area contributed by atoms with E-state index in [9.17, 15) is 4.79 Å². The molecule has 0 fully saturated rings. The molecule has 0 bridgehead atoms. The van der Waals surface area contributed by atoms with Crippen molar-refractivity contribution in [3.05, 3.63) is 65.2 Å². The summed E-state index contributed by atoms with van der Waals surface area (Å²) in [6.45, 7) is 4.04. The number of carbonyl (C=O) groups is 1. The Bertz CT molecular complexity index is 637. The van der Waals surface area contributed by atoms with Gasteiger partial charge in [-0.2, -0.15) is 0 Å². The van der Waals surface area contributed by atoms with Crippen LogP contribution in [-0.4, -0.2) is 19.1 Å². The molecule has 0 heterocycles. The van der Waals surface area contributed by atoms with Crippen LogP contribution in [0, 0.1) is 6.92 Å². The molecule has 2 aromatic rings. The quantitative estimate of drug-likeness (QED) is 0.847. The Morgan fingerprint density at radius 3 is 2.52 bits per heavy atom. The molecule has 0 aliphatic carbocycles. The predicted molar refractivity (Wildman–Crippen MR) is 93.8 cm³/mol. The Morgan fingerprint density at radius 1 is 1.13 bits per heavy atom. The SMILES string of the molecule is COc1ccc(CC(=O)N[C@@H](C)CCc2ccccc2)cc1C. The molecule has 0 aliphatic heterocycles. The molecule has 0 radical (unpaired) electrons. The minimum Gasteiger partial charge on any atom is -0.496 e. The number of aryl methyl sites for hydroxylation is 2. The maximum atomic E-state index is 12.2. The van der Waals surface area contributed by atoms with Crippen molar-refractivity contribution in [3.8, 4) is 5.75 Å². The summed E-state index contributed by atoms with van der Waals surface area (Å²) in [6.07, 6.45) is 2.32. The first kappa shape index (κ1) is 17.1. The van der Waals surface area contributed by atoms with E-state index < -0.39 is 0 Å². The smallest absolute Gasteiger partial charge is 0.224 e. The molecule has 0 spiro atoms. The second kappa shape index (κ2) is 8.37. The third-order valence-electron chi connectivity index (χ3n) is 3.94. The number of hydrogen-bond acceptors (Lipinski definition) is 2. The topological polar surface area (TPSA) is 38.3 Å². The molecule has 0 saturated carbocycles. The molecule has 0 unspecified atom stereocenters. The largest absolute Gasteiger partial charge is 0.496 e. The first-order valence-electron chi connectivity index (χ1n) is 8.05. The van der Waals surface area contributed by atoms with Crippen LogP contribution in [0.4, 0.5) is 0 Å². The average molecular weight is 311 g/mol. The summed E-state index contributed by atoms with van der Waals surface area (Å²) in [7, 11) is 1.66. The third-order valence-corrected chi connectivity index (χ3v) is 3.94. The van der Waals surface area contributed by atoms with Crippen molar-refractivity contribution >= 4 is 5.91 Å². The van der Waals surface area contributed by atoms with Crippen LogP contribution in [0.25, 0.3) is 0 Å². The molecule has 0 aromatic heterocycles. The van der Waals surface area contributed by atoms with Crippen LogP contribution in [0.3, 0.4) is 0 Å². The van der Waals surface area contributed by atoms with Crippen molar-refractivity contribution < 1.29 is 9.53 Å². The highest BCUT2D eigenvalue weighted by atomic mass is 16.5. The lowest BCUT2D eigenvalue weighted by Gasteiger charge is -2.14. The molecular weight excluding hydrogens is 286 g/mol. The van der Waals surface area contributed by atoms with Crippen molar-refractivity contribution in [3.63, 3.8) is 0 Å². The second-order valence-corrected chi connectivity index (χ2v) is 5.97. The Hall–Kier alpha value is -2.29. The fourth-order valence-corrected chi connectivity index (χ4v) is 2.66. The van der Waals surface area contributed by atoms with Gasteiger partial charge in [-0.05, 0) is 49.4 Å². The zero-order valence-electron chi connectivity index (χ0n) is 14.1. The Kier molecular flexibility index (Phi) is 6.21. The summed E-state index contributed by atoms with van der Waals surface area (Å²) >= 11 is 0. The lowest BCUT2D eigenvalue weighted by atomic mass is 10.1. The molecule has 1 atom stereocenters. The number of carbonyl (C=O) groups excluding carboxylic acids is 1. The van der Waals surface area contributed by atoms with Crippen LogP contribution in [0.15, 0.2) is 48.5 Å². The van der Waals surface area contributed by atoms with Crippen LogP contribution in [0.5, 0.6) is 5.75 Å². The highest BCUT2D eigenvalue weighted by molar-refractivity contribution is 5.78. The molecule has 3 heteroatoms. The van der Waals surface area contributed by atoms with Crippen LogP contribution < -0.4 is 10.1 Å². The van der Waals surface area contributed by atoms with Crippen molar-refractivity contribution in [2.75, 3.05) is 7.11 Å². The number of nitrogens with one attached hydrogen (secondary N) is 1. The number of hydrogen-bond donors (Lipinski definition) is 1. The Morgan fingerprint density at radius 2 is 1.87 bits per heavy atom. The number of methoxy groups -OCH3 is 1. The van der Waals surface area contributed by atoms with Crippen LogP contribution in [-0.2, 0) is 17.6 Å². The van der Waals surface area contributed by atoms with E-state index in [-0.39, 0.29) is 11.9 Å². The van der Waals surface area contributed by atoms with Crippen molar-refractivity contribution in [1.29, 1.82) is 0 Å². The first-order chi connectivity index (χ1) is 11.1. The minimum atomic E-state index is 0.0649. The summed E-state index contributed by atoms with van der Waals surface area (Å²) in [5, 5.41) is 3.08. The van der Waals surface area contributed by atoms with E-state index in [0.717, 1.165) is 29.7 Å². The van der Waals surface area contributed by atoms with Gasteiger partial charge in [-0.25, -0.2) is 0 Å². The maximum Gasteiger partial charge on any atom is 0.224 e. The fourth-order valence-electron chi connectivity index (χ4n) is 2.66. The fraction of sp³-hybridized carbons (Fsp3) is 0.350. The maximum absolute atomic E-state index is 12.2. The predicted octanol–water partition coefficient (Wildman–Crippen LogP) is 3.68. The summed E-state index contributed by atoms with van der Waals surface area (Å²) in [5.41, 5.74) is 3.37. The zero-order chi connectivity index (χ0) is 16.7. The number of benzene rings is 2. The van der Waals surface area contributed by atoms with E-state index in [1.165, 1.54) is 5.56 Å². The second-order valence-electron chi connectivity index (χ2n) is 5.97. The van der Waals surface area contributed by atoms with Gasteiger partial charge in [0.25, 0.3) is 0 Å². The molecule has 0 saturated heterocycles. The first-order valence-corrected chi connectivity index (χ1v) is 8.05. The highest BCUT2D eigenvalue weighted by Gasteiger charge is 2.09. The van der Waals surface area contributed by atoms with Gasteiger partial charge in [0, 0.05) is 6.04 Å². The summed E-state index contributed by atoms with van der Waals surface area (Å²) in [5.74, 6) is 0.917. The van der Waals surface area contributed by atoms with E-state index in [2.05, 4.69) is 24.4 Å². The van der Waals surface area contributed by atoms with Gasteiger partial charge in [-0.15, -0.1) is 0 Å². The van der Waals surface area contributed by atoms with Crippen LogP contribution in [0.2, 0.25) is 0 Å². The molecule has 23 heavy (non-hydrogen) atoms. The molecule has 122 valence electrons. The van der Waals surface area contributed by atoms with E-state index >= 15 is 0 Å². The zero-order valence-corrected chi connectivity index (χ0v) is 14.1. The van der Waals surface area contributed by atoms with Gasteiger partial charge < -0.3 is 10.1 Å². The van der Waals surface area contributed by atoms with Gasteiger partial charge in [0.1, 0.15) is 5.75 Å². The molecular formula is C20H25NO2. The highest BCUT2D eigenvalue weighted by Crippen LogP contribution is 2.18. The van der Waals surface area contributed by atoms with Gasteiger partial charge in [0.2, 0.25) is 5.91 Å². The number of amides is 1.